The Morgan fingerprint density at radius 2 is 2.00 bits per heavy atom. The maximum atomic E-state index is 10.7. The quantitative estimate of drug-likeness (QED) is 0.760. The molecule has 0 unspecified atom stereocenters. The molecule has 0 aromatic carbocycles. The van der Waals surface area contributed by atoms with Crippen molar-refractivity contribution >= 4 is 17.8 Å². The molecule has 0 saturated carbocycles. The zero-order valence-electron chi connectivity index (χ0n) is 9.46. The van der Waals surface area contributed by atoms with Crippen molar-refractivity contribution < 1.29 is 19.8 Å². The molecule has 0 aliphatic rings. The van der Waals surface area contributed by atoms with Crippen molar-refractivity contribution in [1.29, 1.82) is 0 Å². The number of carboxylic acid groups (broad SMARTS) is 2. The smallest absolute Gasteiger partial charge is 0.323 e. The van der Waals surface area contributed by atoms with Gasteiger partial charge in [0.1, 0.15) is 12.4 Å². The lowest BCUT2D eigenvalue weighted by molar-refractivity contribution is -0.138. The van der Waals surface area contributed by atoms with E-state index in [2.05, 4.69) is 4.98 Å². The van der Waals surface area contributed by atoms with Crippen LogP contribution in [0.4, 0.5) is 5.82 Å². The van der Waals surface area contributed by atoms with Crippen LogP contribution in [0, 0.1) is 6.92 Å². The lowest BCUT2D eigenvalue weighted by atomic mass is 10.3. The number of aromatic nitrogens is 1. The summed E-state index contributed by atoms with van der Waals surface area (Å²) in [6.07, 6.45) is 1.49. The first-order valence-corrected chi connectivity index (χ1v) is 5.10. The molecule has 1 rings (SSSR count). The molecule has 1 aromatic rings. The molecule has 1 heterocycles. The Bertz CT molecular complexity index is 402. The molecule has 6 heteroatoms. The number of rotatable bonds is 6. The van der Waals surface area contributed by atoms with Crippen LogP contribution in [0.3, 0.4) is 0 Å². The summed E-state index contributed by atoms with van der Waals surface area (Å²) >= 11 is 0. The number of hydrogen-bond donors (Lipinski definition) is 2. The molecular weight excluding hydrogens is 224 g/mol. The molecule has 1 aromatic heterocycles. The first kappa shape index (κ1) is 13.0. The van der Waals surface area contributed by atoms with E-state index in [9.17, 15) is 9.59 Å². The Labute approximate surface area is 98.5 Å². The van der Waals surface area contributed by atoms with Gasteiger partial charge in [0, 0.05) is 12.7 Å². The van der Waals surface area contributed by atoms with Crippen LogP contribution in [-0.2, 0) is 9.59 Å². The summed E-state index contributed by atoms with van der Waals surface area (Å²) in [6.45, 7) is 1.73. The van der Waals surface area contributed by atoms with Gasteiger partial charge in [-0.2, -0.15) is 0 Å². The predicted octanol–water partition coefficient (Wildman–Crippen LogP) is 0.756. The molecule has 0 amide bonds. The van der Waals surface area contributed by atoms with Crippen molar-refractivity contribution in [3.63, 3.8) is 0 Å². The van der Waals surface area contributed by atoms with Gasteiger partial charge in [-0.1, -0.05) is 6.07 Å². The first-order valence-electron chi connectivity index (χ1n) is 5.10. The Morgan fingerprint density at radius 1 is 1.29 bits per heavy atom. The summed E-state index contributed by atoms with van der Waals surface area (Å²) in [6, 6.07) is 3.48. The fourth-order valence-electron chi connectivity index (χ4n) is 1.32. The Balaban J connectivity index is 2.77. The number of pyridine rings is 1. The van der Waals surface area contributed by atoms with E-state index >= 15 is 0 Å². The summed E-state index contributed by atoms with van der Waals surface area (Å²) < 4.78 is 0. The van der Waals surface area contributed by atoms with Gasteiger partial charge in [0.2, 0.25) is 0 Å². The minimum absolute atomic E-state index is 0.122. The highest BCUT2D eigenvalue weighted by molar-refractivity contribution is 5.74. The molecule has 0 aliphatic carbocycles. The number of aliphatic carboxylic acids is 2. The Morgan fingerprint density at radius 3 is 2.47 bits per heavy atom. The van der Waals surface area contributed by atoms with Gasteiger partial charge < -0.3 is 15.1 Å². The van der Waals surface area contributed by atoms with Crippen molar-refractivity contribution in [2.24, 2.45) is 0 Å². The standard InChI is InChI=1S/C11H14N2O4/c1-8-2-3-9(12-6-8)13(7-11(16)17)5-4-10(14)15/h2-3,6H,4-5,7H2,1H3,(H,14,15)(H,16,17). The fraction of sp³-hybridized carbons (Fsp3) is 0.364. The normalized spacial score (nSPS) is 9.94. The molecule has 92 valence electrons. The second kappa shape index (κ2) is 5.83. The number of anilines is 1. The van der Waals surface area contributed by atoms with Crippen molar-refractivity contribution in [2.75, 3.05) is 18.0 Å². The maximum absolute atomic E-state index is 10.7. The van der Waals surface area contributed by atoms with Crippen molar-refractivity contribution in [3.8, 4) is 0 Å². The SMILES string of the molecule is Cc1ccc(N(CCC(=O)O)CC(=O)O)nc1. The number of hydrogen-bond acceptors (Lipinski definition) is 4. The third-order valence-corrected chi connectivity index (χ3v) is 2.14. The average molecular weight is 238 g/mol. The largest absolute Gasteiger partial charge is 0.481 e. The van der Waals surface area contributed by atoms with E-state index in [1.165, 1.54) is 4.90 Å². The van der Waals surface area contributed by atoms with Crippen LogP contribution >= 0.6 is 0 Å². The topological polar surface area (TPSA) is 90.7 Å². The molecule has 0 bridgehead atoms. The van der Waals surface area contributed by atoms with E-state index in [0.29, 0.717) is 5.82 Å². The van der Waals surface area contributed by atoms with Gasteiger partial charge in [-0.15, -0.1) is 0 Å². The van der Waals surface area contributed by atoms with Gasteiger partial charge >= 0.3 is 11.9 Å². The molecule has 0 spiro atoms. The predicted molar refractivity (Wildman–Crippen MR) is 61.1 cm³/mol. The van der Waals surface area contributed by atoms with Gasteiger partial charge in [0.25, 0.3) is 0 Å². The second-order valence-electron chi connectivity index (χ2n) is 3.65. The van der Waals surface area contributed by atoms with Crippen LogP contribution < -0.4 is 4.90 Å². The minimum atomic E-state index is -1.02. The summed E-state index contributed by atoms with van der Waals surface area (Å²) in [5.74, 6) is -1.51. The van der Waals surface area contributed by atoms with Crippen LogP contribution in [0.25, 0.3) is 0 Å². The van der Waals surface area contributed by atoms with E-state index in [4.69, 9.17) is 10.2 Å². The third-order valence-electron chi connectivity index (χ3n) is 2.14. The van der Waals surface area contributed by atoms with Gasteiger partial charge in [0.15, 0.2) is 0 Å². The molecule has 2 N–H and O–H groups in total. The average Bonchev–Trinajstić information content (AvgIpc) is 2.25. The van der Waals surface area contributed by atoms with Gasteiger partial charge in [-0.3, -0.25) is 9.59 Å². The summed E-state index contributed by atoms with van der Waals surface area (Å²) in [5, 5.41) is 17.3. The minimum Gasteiger partial charge on any atom is -0.481 e. The van der Waals surface area contributed by atoms with Gasteiger partial charge in [0.05, 0.1) is 6.42 Å². The monoisotopic (exact) mass is 238 g/mol. The van der Waals surface area contributed by atoms with Crippen molar-refractivity contribution in [3.05, 3.63) is 23.9 Å². The van der Waals surface area contributed by atoms with E-state index in [0.717, 1.165) is 5.56 Å². The highest BCUT2D eigenvalue weighted by atomic mass is 16.4. The lowest BCUT2D eigenvalue weighted by Crippen LogP contribution is -2.32. The molecule has 17 heavy (non-hydrogen) atoms. The maximum Gasteiger partial charge on any atom is 0.323 e. The van der Waals surface area contributed by atoms with Crippen LogP contribution in [-0.4, -0.2) is 40.2 Å². The van der Waals surface area contributed by atoms with E-state index in [1.54, 1.807) is 18.3 Å². The van der Waals surface area contributed by atoms with E-state index in [-0.39, 0.29) is 19.5 Å². The zero-order valence-corrected chi connectivity index (χ0v) is 9.46. The van der Waals surface area contributed by atoms with Crippen LogP contribution in [0.2, 0.25) is 0 Å². The molecule has 0 radical (unpaired) electrons. The number of carbonyl (C=O) groups is 2. The molecule has 0 atom stereocenters. The zero-order chi connectivity index (χ0) is 12.8. The molecule has 0 aliphatic heterocycles. The first-order chi connectivity index (χ1) is 7.99. The summed E-state index contributed by atoms with van der Waals surface area (Å²) in [5.41, 5.74) is 0.960. The van der Waals surface area contributed by atoms with Gasteiger partial charge in [-0.05, 0) is 18.6 Å². The summed E-state index contributed by atoms with van der Waals surface area (Å²) in [4.78, 5) is 26.7. The second-order valence-corrected chi connectivity index (χ2v) is 3.65. The van der Waals surface area contributed by atoms with Crippen LogP contribution in [0.15, 0.2) is 18.3 Å². The number of nitrogens with zero attached hydrogens (tertiary/aromatic N) is 2. The highest BCUT2D eigenvalue weighted by Gasteiger charge is 2.13. The van der Waals surface area contributed by atoms with Crippen LogP contribution in [0.5, 0.6) is 0 Å². The number of carboxylic acids is 2. The Hall–Kier alpha value is -2.11. The van der Waals surface area contributed by atoms with Crippen molar-refractivity contribution in [1.82, 2.24) is 4.98 Å². The summed E-state index contributed by atoms with van der Waals surface area (Å²) in [7, 11) is 0. The lowest BCUT2D eigenvalue weighted by Gasteiger charge is -2.20. The van der Waals surface area contributed by atoms with E-state index in [1.807, 2.05) is 6.92 Å². The Kier molecular flexibility index (Phi) is 4.45. The molecule has 6 nitrogen and oxygen atoms in total. The number of aryl methyl sites for hydroxylation is 1. The van der Waals surface area contributed by atoms with Crippen molar-refractivity contribution in [2.45, 2.75) is 13.3 Å². The molecule has 0 saturated heterocycles. The fourth-order valence-corrected chi connectivity index (χ4v) is 1.32. The van der Waals surface area contributed by atoms with Crippen LogP contribution in [0.1, 0.15) is 12.0 Å². The molecular formula is C11H14N2O4. The third kappa shape index (κ3) is 4.50. The van der Waals surface area contributed by atoms with E-state index < -0.39 is 11.9 Å². The van der Waals surface area contributed by atoms with Gasteiger partial charge in [-0.25, -0.2) is 4.98 Å². The molecule has 0 fully saturated rings. The highest BCUT2D eigenvalue weighted by Crippen LogP contribution is 2.11.